The van der Waals surface area contributed by atoms with Gasteiger partial charge >= 0.3 is 12.1 Å². The monoisotopic (exact) mass is 363 g/mol. The van der Waals surface area contributed by atoms with Crippen LogP contribution in [0.4, 0.5) is 9.59 Å². The number of hydrogen-bond donors (Lipinski definition) is 2. The van der Waals surface area contributed by atoms with Crippen LogP contribution in [0.2, 0.25) is 0 Å². The molecule has 3 amide bonds. The molecule has 7 nitrogen and oxygen atoms in total. The van der Waals surface area contributed by atoms with Crippen molar-refractivity contribution in [2.75, 3.05) is 26.4 Å². The highest BCUT2D eigenvalue weighted by Gasteiger charge is 2.24. The highest BCUT2D eigenvalue weighted by Crippen LogP contribution is 2.13. The third-order valence-corrected chi connectivity index (χ3v) is 4.29. The second kappa shape index (κ2) is 10.5. The first-order valence-corrected chi connectivity index (χ1v) is 9.30. The number of amides is 3. The van der Waals surface area contributed by atoms with E-state index in [1.807, 2.05) is 24.3 Å². The van der Waals surface area contributed by atoms with Crippen molar-refractivity contribution < 1.29 is 19.1 Å². The Hall–Kier alpha value is -2.44. The number of likely N-dealkylation sites (tertiary alicyclic amines) is 1. The van der Waals surface area contributed by atoms with Crippen LogP contribution in [0.1, 0.15) is 38.7 Å². The molecule has 0 saturated carbocycles. The zero-order valence-corrected chi connectivity index (χ0v) is 15.6. The topological polar surface area (TPSA) is 79.9 Å². The molecule has 0 unspecified atom stereocenters. The molecular formula is C19H29N3O4. The minimum Gasteiger partial charge on any atom is -0.473 e. The lowest BCUT2D eigenvalue weighted by Crippen LogP contribution is -2.49. The summed E-state index contributed by atoms with van der Waals surface area (Å²) in [5.74, 6) is 0.730. The van der Waals surface area contributed by atoms with Crippen molar-refractivity contribution in [1.82, 2.24) is 15.5 Å². The van der Waals surface area contributed by atoms with Gasteiger partial charge in [0.2, 0.25) is 0 Å². The van der Waals surface area contributed by atoms with Crippen LogP contribution in [0.25, 0.3) is 0 Å². The van der Waals surface area contributed by atoms with Gasteiger partial charge in [-0.25, -0.2) is 9.59 Å². The summed E-state index contributed by atoms with van der Waals surface area (Å²) in [6.45, 7) is 5.60. The van der Waals surface area contributed by atoms with E-state index in [9.17, 15) is 9.59 Å². The summed E-state index contributed by atoms with van der Waals surface area (Å²) >= 11 is 0. The van der Waals surface area contributed by atoms with Gasteiger partial charge < -0.3 is 25.0 Å². The fourth-order valence-corrected chi connectivity index (χ4v) is 2.88. The summed E-state index contributed by atoms with van der Waals surface area (Å²) in [5.41, 5.74) is 1.28. The minimum absolute atomic E-state index is 0.0500. The van der Waals surface area contributed by atoms with Crippen molar-refractivity contribution in [1.29, 1.82) is 0 Å². The zero-order chi connectivity index (χ0) is 18.8. The summed E-state index contributed by atoms with van der Waals surface area (Å²) in [6.07, 6.45) is 3.31. The molecule has 7 heteroatoms. The fraction of sp³-hybridized carbons (Fsp3) is 0.579. The van der Waals surface area contributed by atoms with E-state index in [0.29, 0.717) is 32.5 Å². The highest BCUT2D eigenvalue weighted by molar-refractivity contribution is 5.74. The average molecular weight is 363 g/mol. The molecule has 0 spiro atoms. The fourth-order valence-electron chi connectivity index (χ4n) is 2.88. The number of ether oxygens (including phenoxy) is 2. The van der Waals surface area contributed by atoms with Gasteiger partial charge in [-0.15, -0.1) is 0 Å². The van der Waals surface area contributed by atoms with E-state index < -0.39 is 0 Å². The van der Waals surface area contributed by atoms with Crippen LogP contribution in [0, 0.1) is 0 Å². The van der Waals surface area contributed by atoms with Gasteiger partial charge in [-0.1, -0.05) is 25.5 Å². The Kier molecular flexibility index (Phi) is 8.05. The Bertz CT molecular complexity index is 569. The summed E-state index contributed by atoms with van der Waals surface area (Å²) < 4.78 is 10.5. The summed E-state index contributed by atoms with van der Waals surface area (Å²) in [5, 5.41) is 5.61. The van der Waals surface area contributed by atoms with E-state index >= 15 is 0 Å². The van der Waals surface area contributed by atoms with Gasteiger partial charge in [0.05, 0.1) is 6.61 Å². The minimum atomic E-state index is -0.284. The molecule has 2 N–H and O–H groups in total. The second-order valence-corrected chi connectivity index (χ2v) is 6.29. The maximum absolute atomic E-state index is 12.0. The predicted octanol–water partition coefficient (Wildman–Crippen LogP) is 2.90. The van der Waals surface area contributed by atoms with Crippen LogP contribution in [0.15, 0.2) is 24.3 Å². The van der Waals surface area contributed by atoms with Crippen LogP contribution >= 0.6 is 0 Å². The number of nitrogens with zero attached hydrogens (tertiary/aromatic N) is 1. The van der Waals surface area contributed by atoms with E-state index in [2.05, 4.69) is 17.6 Å². The SMILES string of the molecule is CCCc1ccc(OCNC(=O)NC2CCN(C(=O)OCC)CC2)cc1. The predicted molar refractivity (Wildman–Crippen MR) is 99.2 cm³/mol. The standard InChI is InChI=1S/C19H29N3O4/c1-3-5-15-6-8-17(9-7-15)26-14-20-18(23)21-16-10-12-22(13-11-16)19(24)25-4-2/h6-9,16H,3-5,10-14H2,1-2H3,(H2,20,21,23). The van der Waals surface area contributed by atoms with Crippen molar-refractivity contribution in [2.24, 2.45) is 0 Å². The zero-order valence-electron chi connectivity index (χ0n) is 15.6. The largest absolute Gasteiger partial charge is 0.473 e. The molecule has 1 saturated heterocycles. The maximum atomic E-state index is 12.0. The van der Waals surface area contributed by atoms with E-state index in [0.717, 1.165) is 18.6 Å². The molecule has 0 bridgehead atoms. The normalized spacial score (nSPS) is 14.6. The number of rotatable bonds is 7. The third kappa shape index (κ3) is 6.46. The highest BCUT2D eigenvalue weighted by atomic mass is 16.6. The summed E-state index contributed by atoms with van der Waals surface area (Å²) in [7, 11) is 0. The lowest BCUT2D eigenvalue weighted by molar-refractivity contribution is 0.0956. The molecule has 0 radical (unpaired) electrons. The molecule has 2 rings (SSSR count). The molecule has 0 aromatic heterocycles. The van der Waals surface area contributed by atoms with Crippen molar-refractivity contribution in [2.45, 2.75) is 45.6 Å². The van der Waals surface area contributed by atoms with E-state index in [1.165, 1.54) is 5.56 Å². The number of urea groups is 1. The molecule has 26 heavy (non-hydrogen) atoms. The Labute approximate surface area is 155 Å². The number of nitrogens with one attached hydrogen (secondary N) is 2. The molecule has 0 atom stereocenters. The number of carbonyl (C=O) groups excluding carboxylic acids is 2. The average Bonchev–Trinajstić information content (AvgIpc) is 2.64. The van der Waals surface area contributed by atoms with Gasteiger partial charge in [-0.2, -0.15) is 0 Å². The van der Waals surface area contributed by atoms with Gasteiger partial charge in [-0.05, 0) is 43.9 Å². The summed E-state index contributed by atoms with van der Waals surface area (Å²) in [4.78, 5) is 25.3. The van der Waals surface area contributed by atoms with E-state index in [-0.39, 0.29) is 24.9 Å². The van der Waals surface area contributed by atoms with E-state index in [4.69, 9.17) is 9.47 Å². The lowest BCUT2D eigenvalue weighted by atomic mass is 10.1. The molecule has 0 aliphatic carbocycles. The molecule has 1 aromatic rings. The molecule has 1 aromatic carbocycles. The molecule has 1 fully saturated rings. The Morgan fingerprint density at radius 2 is 1.85 bits per heavy atom. The molecule has 144 valence electrons. The van der Waals surface area contributed by atoms with Gasteiger partial charge in [0.15, 0.2) is 6.73 Å². The molecule has 1 heterocycles. The van der Waals surface area contributed by atoms with Crippen LogP contribution in [0.5, 0.6) is 5.75 Å². The second-order valence-electron chi connectivity index (χ2n) is 6.29. The van der Waals surface area contributed by atoms with Crippen LogP contribution in [0.3, 0.4) is 0 Å². The van der Waals surface area contributed by atoms with Crippen molar-refractivity contribution >= 4 is 12.1 Å². The first-order valence-electron chi connectivity index (χ1n) is 9.30. The van der Waals surface area contributed by atoms with Gasteiger partial charge in [0.25, 0.3) is 0 Å². The number of piperidine rings is 1. The van der Waals surface area contributed by atoms with Crippen molar-refractivity contribution in [3.8, 4) is 5.75 Å². The summed E-state index contributed by atoms with van der Waals surface area (Å²) in [6, 6.07) is 7.69. The van der Waals surface area contributed by atoms with E-state index in [1.54, 1.807) is 11.8 Å². The van der Waals surface area contributed by atoms with Crippen molar-refractivity contribution in [3.05, 3.63) is 29.8 Å². The number of carbonyl (C=O) groups is 2. The Morgan fingerprint density at radius 3 is 2.46 bits per heavy atom. The van der Waals surface area contributed by atoms with Crippen molar-refractivity contribution in [3.63, 3.8) is 0 Å². The van der Waals surface area contributed by atoms with Crippen LogP contribution in [-0.4, -0.2) is 49.5 Å². The Morgan fingerprint density at radius 1 is 1.15 bits per heavy atom. The Balaban J connectivity index is 1.62. The maximum Gasteiger partial charge on any atom is 0.409 e. The smallest absolute Gasteiger partial charge is 0.409 e. The lowest BCUT2D eigenvalue weighted by Gasteiger charge is -2.31. The molecular weight excluding hydrogens is 334 g/mol. The number of aryl methyl sites for hydroxylation is 1. The van der Waals surface area contributed by atoms with Gasteiger partial charge in [0.1, 0.15) is 5.75 Å². The number of hydrogen-bond acceptors (Lipinski definition) is 4. The molecule has 1 aliphatic rings. The quantitative estimate of drug-likeness (QED) is 0.730. The first kappa shape index (κ1) is 19.9. The third-order valence-electron chi connectivity index (χ3n) is 4.29. The van der Waals surface area contributed by atoms with Crippen LogP contribution in [-0.2, 0) is 11.2 Å². The molecule has 1 aliphatic heterocycles. The van der Waals surface area contributed by atoms with Gasteiger partial charge in [0, 0.05) is 19.1 Å². The first-order chi connectivity index (χ1) is 12.6. The van der Waals surface area contributed by atoms with Gasteiger partial charge in [-0.3, -0.25) is 0 Å². The van der Waals surface area contributed by atoms with Crippen LogP contribution < -0.4 is 15.4 Å². The number of benzene rings is 1.